The molecule has 0 saturated heterocycles. The van der Waals surface area contributed by atoms with Crippen molar-refractivity contribution in [2.45, 2.75) is 51.9 Å². The Morgan fingerprint density at radius 2 is 1.95 bits per heavy atom. The van der Waals surface area contributed by atoms with Crippen molar-refractivity contribution in [1.82, 2.24) is 9.78 Å². The van der Waals surface area contributed by atoms with E-state index in [1.165, 1.54) is 48.0 Å². The number of hydrogen-bond donors (Lipinski definition) is 1. The van der Waals surface area contributed by atoms with Crippen LogP contribution >= 0.6 is 15.9 Å². The van der Waals surface area contributed by atoms with E-state index in [9.17, 15) is 0 Å². The summed E-state index contributed by atoms with van der Waals surface area (Å²) >= 11 is 3.74. The monoisotopic (exact) mass is 327 g/mol. The fourth-order valence-electron chi connectivity index (χ4n) is 3.33. The zero-order valence-corrected chi connectivity index (χ0v) is 13.7. The summed E-state index contributed by atoms with van der Waals surface area (Å²) in [4.78, 5) is 0. The molecule has 0 spiro atoms. The predicted octanol–water partition coefficient (Wildman–Crippen LogP) is 3.44. The van der Waals surface area contributed by atoms with Crippen molar-refractivity contribution in [3.63, 3.8) is 0 Å². The lowest BCUT2D eigenvalue weighted by Crippen LogP contribution is -2.25. The molecule has 19 heavy (non-hydrogen) atoms. The van der Waals surface area contributed by atoms with Crippen molar-refractivity contribution in [3.05, 3.63) is 15.9 Å². The van der Waals surface area contributed by atoms with E-state index in [2.05, 4.69) is 39.7 Å². The van der Waals surface area contributed by atoms with Crippen molar-refractivity contribution in [1.29, 1.82) is 0 Å². The van der Waals surface area contributed by atoms with Crippen molar-refractivity contribution < 1.29 is 0 Å². The van der Waals surface area contributed by atoms with Crippen LogP contribution in [0, 0.1) is 11.8 Å². The minimum Gasteiger partial charge on any atom is -0.330 e. The van der Waals surface area contributed by atoms with Crippen LogP contribution in [0.25, 0.3) is 0 Å². The van der Waals surface area contributed by atoms with Gasteiger partial charge in [-0.25, -0.2) is 0 Å². The average molecular weight is 328 g/mol. The molecule has 2 N–H and O–H groups in total. The minimum absolute atomic E-state index is 0.689. The largest absolute Gasteiger partial charge is 0.330 e. The summed E-state index contributed by atoms with van der Waals surface area (Å²) in [6.07, 6.45) is 8.81. The number of nitrogens with zero attached hydrogens (tertiary/aromatic N) is 2. The van der Waals surface area contributed by atoms with E-state index in [0.717, 1.165) is 25.3 Å². The summed E-state index contributed by atoms with van der Waals surface area (Å²) in [5.74, 6) is 1.42. The highest BCUT2D eigenvalue weighted by Crippen LogP contribution is 2.33. The van der Waals surface area contributed by atoms with E-state index in [0.29, 0.717) is 5.92 Å². The molecule has 1 aromatic rings. The fourth-order valence-corrected chi connectivity index (χ4v) is 4.11. The van der Waals surface area contributed by atoms with Crippen LogP contribution in [0.1, 0.15) is 50.4 Å². The van der Waals surface area contributed by atoms with Crippen LogP contribution in [0.3, 0.4) is 0 Å². The first-order valence-corrected chi connectivity index (χ1v) is 8.37. The van der Waals surface area contributed by atoms with Crippen LogP contribution < -0.4 is 5.73 Å². The molecule has 0 radical (unpaired) electrons. The first kappa shape index (κ1) is 15.0. The summed E-state index contributed by atoms with van der Waals surface area (Å²) in [7, 11) is 2.06. The molecule has 4 heteroatoms. The number of nitrogens with two attached hydrogens (primary N) is 1. The van der Waals surface area contributed by atoms with E-state index >= 15 is 0 Å². The van der Waals surface area contributed by atoms with Crippen LogP contribution in [0.5, 0.6) is 0 Å². The van der Waals surface area contributed by atoms with Gasteiger partial charge in [-0.05, 0) is 60.0 Å². The highest BCUT2D eigenvalue weighted by Gasteiger charge is 2.25. The van der Waals surface area contributed by atoms with Gasteiger partial charge in [-0.15, -0.1) is 0 Å². The van der Waals surface area contributed by atoms with Gasteiger partial charge >= 0.3 is 0 Å². The van der Waals surface area contributed by atoms with E-state index in [-0.39, 0.29) is 0 Å². The molecule has 3 nitrogen and oxygen atoms in total. The van der Waals surface area contributed by atoms with Gasteiger partial charge in [0.1, 0.15) is 0 Å². The molecule has 1 saturated carbocycles. The number of rotatable bonds is 4. The molecule has 1 aromatic heterocycles. The van der Waals surface area contributed by atoms with Crippen molar-refractivity contribution in [2.24, 2.45) is 24.6 Å². The lowest BCUT2D eigenvalue weighted by molar-refractivity contribution is 0.312. The highest BCUT2D eigenvalue weighted by atomic mass is 79.9. The molecule has 1 heterocycles. The summed E-state index contributed by atoms with van der Waals surface area (Å²) < 4.78 is 3.28. The smallest absolute Gasteiger partial charge is 0.0766 e. The third kappa shape index (κ3) is 3.40. The van der Waals surface area contributed by atoms with Gasteiger partial charge in [0.2, 0.25) is 0 Å². The molecule has 108 valence electrons. The number of aromatic nitrogens is 2. The third-order valence-corrected chi connectivity index (χ3v) is 5.49. The Labute approximate surface area is 125 Å². The van der Waals surface area contributed by atoms with Gasteiger partial charge in [0.05, 0.1) is 15.9 Å². The van der Waals surface area contributed by atoms with E-state index in [4.69, 9.17) is 5.73 Å². The highest BCUT2D eigenvalue weighted by molar-refractivity contribution is 9.10. The molecule has 0 aliphatic heterocycles. The summed E-state index contributed by atoms with van der Waals surface area (Å²) in [6.45, 7) is 2.99. The maximum atomic E-state index is 5.99. The van der Waals surface area contributed by atoms with Crippen molar-refractivity contribution >= 4 is 15.9 Å². The van der Waals surface area contributed by atoms with Gasteiger partial charge in [-0.1, -0.05) is 26.2 Å². The molecule has 1 aliphatic rings. The van der Waals surface area contributed by atoms with Crippen LogP contribution in [-0.2, 0) is 19.9 Å². The molecule has 1 fully saturated rings. The van der Waals surface area contributed by atoms with Crippen LogP contribution in [0.2, 0.25) is 0 Å². The Kier molecular flexibility index (Phi) is 5.46. The molecule has 0 amide bonds. The van der Waals surface area contributed by atoms with Crippen LogP contribution in [0.4, 0.5) is 0 Å². The first-order chi connectivity index (χ1) is 9.17. The van der Waals surface area contributed by atoms with E-state index in [1.54, 1.807) is 0 Å². The van der Waals surface area contributed by atoms with Crippen LogP contribution in [-0.4, -0.2) is 16.3 Å². The lowest BCUT2D eigenvalue weighted by atomic mass is 9.84. The number of hydrogen-bond acceptors (Lipinski definition) is 2. The quantitative estimate of drug-likeness (QED) is 0.861. The summed E-state index contributed by atoms with van der Waals surface area (Å²) in [6, 6.07) is 0. The standard InChI is InChI=1S/C15H26BrN3/c1-3-13-15(16)14(19(2)18-13)9-11-7-5-4-6-8-12(11)10-17/h11-12H,3-10,17H2,1-2H3. The SMILES string of the molecule is CCc1nn(C)c(CC2CCCCCC2CN)c1Br. The molecule has 2 unspecified atom stereocenters. The number of aryl methyl sites for hydroxylation is 2. The maximum Gasteiger partial charge on any atom is 0.0766 e. The second-order valence-electron chi connectivity index (χ2n) is 5.78. The summed E-state index contributed by atoms with van der Waals surface area (Å²) in [5, 5.41) is 4.61. The van der Waals surface area contributed by atoms with Gasteiger partial charge in [-0.3, -0.25) is 4.68 Å². The van der Waals surface area contributed by atoms with Gasteiger partial charge < -0.3 is 5.73 Å². The molecule has 2 atom stereocenters. The molecule has 0 bridgehead atoms. The Morgan fingerprint density at radius 1 is 1.26 bits per heavy atom. The first-order valence-electron chi connectivity index (χ1n) is 7.57. The molecular weight excluding hydrogens is 302 g/mol. The van der Waals surface area contributed by atoms with Crippen molar-refractivity contribution in [3.8, 4) is 0 Å². The zero-order valence-electron chi connectivity index (χ0n) is 12.2. The van der Waals surface area contributed by atoms with E-state index < -0.39 is 0 Å². The summed E-state index contributed by atoms with van der Waals surface area (Å²) in [5.41, 5.74) is 8.52. The second kappa shape index (κ2) is 6.89. The Morgan fingerprint density at radius 3 is 2.53 bits per heavy atom. The molecule has 0 aromatic carbocycles. The average Bonchev–Trinajstić information content (AvgIpc) is 2.60. The topological polar surface area (TPSA) is 43.8 Å². The van der Waals surface area contributed by atoms with E-state index in [1.807, 2.05) is 0 Å². The Balaban J connectivity index is 2.16. The zero-order chi connectivity index (χ0) is 13.8. The number of halogens is 1. The normalized spacial score (nSPS) is 24.4. The Bertz CT molecular complexity index is 414. The molecule has 2 rings (SSSR count). The van der Waals surface area contributed by atoms with Gasteiger partial charge in [0.15, 0.2) is 0 Å². The van der Waals surface area contributed by atoms with Crippen molar-refractivity contribution in [2.75, 3.05) is 6.54 Å². The molecular formula is C15H26BrN3. The Hall–Kier alpha value is -0.350. The predicted molar refractivity (Wildman–Crippen MR) is 83.1 cm³/mol. The second-order valence-corrected chi connectivity index (χ2v) is 6.58. The maximum absolute atomic E-state index is 5.99. The van der Waals surface area contributed by atoms with Gasteiger partial charge in [-0.2, -0.15) is 5.10 Å². The minimum atomic E-state index is 0.689. The van der Waals surface area contributed by atoms with Crippen LogP contribution in [0.15, 0.2) is 4.47 Å². The van der Waals surface area contributed by atoms with Gasteiger partial charge in [0, 0.05) is 7.05 Å². The lowest BCUT2D eigenvalue weighted by Gasteiger charge is -2.24. The van der Waals surface area contributed by atoms with Gasteiger partial charge in [0.25, 0.3) is 0 Å². The third-order valence-electron chi connectivity index (χ3n) is 4.58. The fraction of sp³-hybridized carbons (Fsp3) is 0.800. The molecule has 1 aliphatic carbocycles.